The van der Waals surface area contributed by atoms with Gasteiger partial charge >= 0.3 is 6.18 Å². The largest absolute Gasteiger partial charge is 0.417 e. The number of amides is 1. The molecule has 0 atom stereocenters. The molecule has 0 unspecified atom stereocenters. The summed E-state index contributed by atoms with van der Waals surface area (Å²) in [4.78, 5) is 20.5. The first-order valence-corrected chi connectivity index (χ1v) is 11.6. The Hall–Kier alpha value is -1.35. The minimum Gasteiger partial charge on any atom is -0.355 e. The summed E-state index contributed by atoms with van der Waals surface area (Å²) < 4.78 is 38.7. The zero-order valence-electron chi connectivity index (χ0n) is 16.1. The summed E-state index contributed by atoms with van der Waals surface area (Å²) in [5, 5.41) is 0.575. The van der Waals surface area contributed by atoms with Crippen LogP contribution in [-0.4, -0.2) is 46.0 Å². The van der Waals surface area contributed by atoms with E-state index >= 15 is 0 Å². The van der Waals surface area contributed by atoms with Crippen molar-refractivity contribution in [2.45, 2.75) is 23.9 Å². The Kier molecular flexibility index (Phi) is 6.29. The fourth-order valence-corrected chi connectivity index (χ4v) is 6.33. The molecule has 1 amide bonds. The average Bonchev–Trinajstić information content (AvgIpc) is 3.11. The van der Waals surface area contributed by atoms with Gasteiger partial charge in [-0.3, -0.25) is 4.79 Å². The summed E-state index contributed by atoms with van der Waals surface area (Å²) >= 11 is 20.3. The van der Waals surface area contributed by atoms with Gasteiger partial charge < -0.3 is 9.80 Å². The Labute approximate surface area is 196 Å². The van der Waals surface area contributed by atoms with Crippen LogP contribution in [0.5, 0.6) is 0 Å². The van der Waals surface area contributed by atoms with E-state index in [1.165, 1.54) is 0 Å². The number of rotatable bonds is 2. The van der Waals surface area contributed by atoms with Crippen molar-refractivity contribution in [2.75, 3.05) is 30.3 Å². The number of thioether (sulfide) groups is 1. The molecule has 31 heavy (non-hydrogen) atoms. The first kappa shape index (κ1) is 22.8. The predicted octanol–water partition coefficient (Wildman–Crippen LogP) is 6.25. The van der Waals surface area contributed by atoms with Crippen LogP contribution in [0.3, 0.4) is 0 Å². The fourth-order valence-electron chi connectivity index (χ4n) is 4.03. The topological polar surface area (TPSA) is 36.4 Å². The van der Waals surface area contributed by atoms with E-state index in [0.717, 1.165) is 18.0 Å². The molecule has 0 aliphatic carbocycles. The van der Waals surface area contributed by atoms with E-state index in [1.54, 1.807) is 30.0 Å². The number of hydrogen-bond donors (Lipinski definition) is 0. The smallest absolute Gasteiger partial charge is 0.355 e. The molecule has 2 saturated heterocycles. The average molecular weight is 511 g/mol. The summed E-state index contributed by atoms with van der Waals surface area (Å²) in [7, 11) is 0. The number of carbonyl (C=O) groups excluding carboxylic acids is 1. The van der Waals surface area contributed by atoms with Gasteiger partial charge in [0.15, 0.2) is 0 Å². The summed E-state index contributed by atoms with van der Waals surface area (Å²) in [5.74, 6) is 0.895. The van der Waals surface area contributed by atoms with Crippen molar-refractivity contribution in [3.63, 3.8) is 0 Å². The van der Waals surface area contributed by atoms with Crippen LogP contribution in [0.15, 0.2) is 30.5 Å². The summed E-state index contributed by atoms with van der Waals surface area (Å²) in [6, 6.07) is 5.86. The molecule has 0 N–H and O–H groups in total. The molecule has 2 aliphatic rings. The van der Waals surface area contributed by atoms with Crippen LogP contribution in [0.25, 0.3) is 0 Å². The van der Waals surface area contributed by atoms with Crippen molar-refractivity contribution >= 4 is 58.3 Å². The van der Waals surface area contributed by atoms with Crippen molar-refractivity contribution in [3.05, 3.63) is 56.7 Å². The zero-order valence-corrected chi connectivity index (χ0v) is 19.1. The van der Waals surface area contributed by atoms with Gasteiger partial charge in [-0.2, -0.15) is 13.2 Å². The lowest BCUT2D eigenvalue weighted by atomic mass is 10.0. The van der Waals surface area contributed by atoms with Crippen molar-refractivity contribution in [1.82, 2.24) is 9.88 Å². The zero-order chi connectivity index (χ0) is 22.4. The monoisotopic (exact) mass is 509 g/mol. The van der Waals surface area contributed by atoms with Gasteiger partial charge in [0, 0.05) is 31.6 Å². The van der Waals surface area contributed by atoms with E-state index in [4.69, 9.17) is 34.8 Å². The molecule has 4 rings (SSSR count). The van der Waals surface area contributed by atoms with Crippen molar-refractivity contribution in [1.29, 1.82) is 0 Å². The lowest BCUT2D eigenvalue weighted by molar-refractivity contribution is -0.137. The molecule has 2 aromatic rings. The highest BCUT2D eigenvalue weighted by Crippen LogP contribution is 2.46. The van der Waals surface area contributed by atoms with Gasteiger partial charge in [-0.25, -0.2) is 4.98 Å². The number of nitrogens with zero attached hydrogens (tertiary/aromatic N) is 3. The third-order valence-electron chi connectivity index (χ3n) is 5.59. The van der Waals surface area contributed by atoms with E-state index in [-0.39, 0.29) is 10.9 Å². The van der Waals surface area contributed by atoms with Gasteiger partial charge in [-0.1, -0.05) is 40.9 Å². The van der Waals surface area contributed by atoms with Crippen molar-refractivity contribution < 1.29 is 18.0 Å². The van der Waals surface area contributed by atoms with Crippen molar-refractivity contribution in [3.8, 4) is 0 Å². The van der Waals surface area contributed by atoms with Crippen LogP contribution in [0, 0.1) is 0 Å². The molecule has 2 aliphatic heterocycles. The Bertz CT molecular complexity index is 993. The van der Waals surface area contributed by atoms with Crippen LogP contribution in [-0.2, 0) is 6.18 Å². The summed E-state index contributed by atoms with van der Waals surface area (Å²) in [6.45, 7) is 1.58. The van der Waals surface area contributed by atoms with Crippen LogP contribution in [0.1, 0.15) is 28.8 Å². The van der Waals surface area contributed by atoms with E-state index < -0.39 is 16.6 Å². The highest BCUT2D eigenvalue weighted by molar-refractivity contribution is 8.00. The van der Waals surface area contributed by atoms with Crippen molar-refractivity contribution in [2.24, 2.45) is 0 Å². The Balaban J connectivity index is 1.53. The molecule has 0 bridgehead atoms. The minimum absolute atomic E-state index is 0.0411. The number of piperidine rings is 1. The molecular formula is C20H17Cl3F3N3OS. The second kappa shape index (κ2) is 8.54. The molecule has 3 heterocycles. The molecule has 11 heteroatoms. The minimum atomic E-state index is -4.50. The third kappa shape index (κ3) is 4.32. The molecule has 2 fully saturated rings. The SMILES string of the molecule is O=C(c1c(Cl)cccc1Cl)N1CCSC12CCN(c1ncc(C(F)(F)F)cc1Cl)CC2. The normalized spacial score (nSPS) is 18.6. The molecule has 0 radical (unpaired) electrons. The maximum Gasteiger partial charge on any atom is 0.417 e. The van der Waals surface area contributed by atoms with E-state index in [0.29, 0.717) is 53.9 Å². The molecular weight excluding hydrogens is 494 g/mol. The molecule has 4 nitrogen and oxygen atoms in total. The summed E-state index contributed by atoms with van der Waals surface area (Å²) in [6.07, 6.45) is -2.47. The first-order valence-electron chi connectivity index (χ1n) is 9.50. The Morgan fingerprint density at radius 3 is 2.29 bits per heavy atom. The van der Waals surface area contributed by atoms with E-state index in [1.807, 2.05) is 9.80 Å². The lowest BCUT2D eigenvalue weighted by Gasteiger charge is -2.44. The quantitative estimate of drug-likeness (QED) is 0.479. The van der Waals surface area contributed by atoms with E-state index in [2.05, 4.69) is 4.98 Å². The third-order valence-corrected chi connectivity index (χ3v) is 8.05. The number of halogens is 6. The highest BCUT2D eigenvalue weighted by Gasteiger charge is 2.47. The van der Waals surface area contributed by atoms with Crippen LogP contribution < -0.4 is 4.90 Å². The molecule has 1 aromatic heterocycles. The van der Waals surface area contributed by atoms with Crippen LogP contribution in [0.4, 0.5) is 19.0 Å². The van der Waals surface area contributed by atoms with Crippen LogP contribution >= 0.6 is 46.6 Å². The number of benzene rings is 1. The number of anilines is 1. The molecule has 0 saturated carbocycles. The van der Waals surface area contributed by atoms with Gasteiger partial charge in [0.1, 0.15) is 5.82 Å². The number of aromatic nitrogens is 1. The highest BCUT2D eigenvalue weighted by atomic mass is 35.5. The van der Waals surface area contributed by atoms with Crippen LogP contribution in [0.2, 0.25) is 15.1 Å². The number of alkyl halides is 3. The van der Waals surface area contributed by atoms with E-state index in [9.17, 15) is 18.0 Å². The first-order chi connectivity index (χ1) is 14.6. The molecule has 1 spiro atoms. The van der Waals surface area contributed by atoms with Gasteiger partial charge in [-0.15, -0.1) is 11.8 Å². The predicted molar refractivity (Wildman–Crippen MR) is 118 cm³/mol. The second-order valence-corrected chi connectivity index (χ2v) is 10.0. The lowest BCUT2D eigenvalue weighted by Crippen LogP contribution is -2.53. The van der Waals surface area contributed by atoms with Gasteiger partial charge in [0.25, 0.3) is 5.91 Å². The van der Waals surface area contributed by atoms with Gasteiger partial charge in [0.05, 0.1) is 31.1 Å². The number of hydrogen-bond acceptors (Lipinski definition) is 4. The molecule has 166 valence electrons. The Morgan fingerprint density at radius 2 is 1.71 bits per heavy atom. The maximum atomic E-state index is 13.3. The Morgan fingerprint density at radius 1 is 1.06 bits per heavy atom. The second-order valence-electron chi connectivity index (χ2n) is 7.36. The summed E-state index contributed by atoms with van der Waals surface area (Å²) in [5.41, 5.74) is -0.586. The van der Waals surface area contributed by atoms with Gasteiger partial charge in [0.2, 0.25) is 0 Å². The molecule has 1 aromatic carbocycles. The maximum absolute atomic E-state index is 13.3. The number of pyridine rings is 1. The standard InChI is InChI=1S/C20H17Cl3F3N3OS/c21-13-2-1-3-14(22)16(13)18(30)29-8-9-31-19(29)4-6-28(7-5-19)17-15(23)10-12(11-27-17)20(24,25)26/h1-3,10-11H,4-9H2. The number of carbonyl (C=O) groups is 1. The van der Waals surface area contributed by atoms with Gasteiger partial charge in [-0.05, 0) is 31.0 Å². The fraction of sp³-hybridized carbons (Fsp3) is 0.400.